The van der Waals surface area contributed by atoms with E-state index in [9.17, 15) is 0 Å². The van der Waals surface area contributed by atoms with Crippen LogP contribution < -0.4 is 5.32 Å². The summed E-state index contributed by atoms with van der Waals surface area (Å²) in [6.45, 7) is 7.33. The van der Waals surface area contributed by atoms with Gasteiger partial charge in [0.05, 0.1) is 25.4 Å². The van der Waals surface area contributed by atoms with Crippen LogP contribution in [0, 0.1) is 6.92 Å². The summed E-state index contributed by atoms with van der Waals surface area (Å²) in [4.78, 5) is 0. The first-order chi connectivity index (χ1) is 8.24. The summed E-state index contributed by atoms with van der Waals surface area (Å²) >= 11 is 0. The van der Waals surface area contributed by atoms with Crippen LogP contribution in [-0.4, -0.2) is 31.9 Å². The third-order valence-corrected chi connectivity index (χ3v) is 2.88. The molecule has 3 nitrogen and oxygen atoms in total. The van der Waals surface area contributed by atoms with Crippen molar-refractivity contribution in [2.45, 2.75) is 32.7 Å². The Hall–Kier alpha value is -0.900. The van der Waals surface area contributed by atoms with Crippen LogP contribution in [0.25, 0.3) is 0 Å². The maximum Gasteiger partial charge on any atom is 0.0936 e. The van der Waals surface area contributed by atoms with Gasteiger partial charge in [-0.15, -0.1) is 0 Å². The number of hydrogen-bond donors (Lipinski definition) is 1. The molecule has 94 valence electrons. The van der Waals surface area contributed by atoms with Crippen LogP contribution in [0.4, 0.5) is 0 Å². The van der Waals surface area contributed by atoms with Gasteiger partial charge in [0.15, 0.2) is 0 Å². The number of rotatable bonds is 4. The summed E-state index contributed by atoms with van der Waals surface area (Å²) in [7, 11) is 0. The van der Waals surface area contributed by atoms with E-state index in [1.165, 1.54) is 11.1 Å². The van der Waals surface area contributed by atoms with Crippen molar-refractivity contribution in [3.05, 3.63) is 35.4 Å². The quantitative estimate of drug-likeness (QED) is 0.864. The second kappa shape index (κ2) is 6.15. The van der Waals surface area contributed by atoms with E-state index >= 15 is 0 Å². The molecule has 1 aromatic rings. The number of ether oxygens (including phenoxy) is 2. The van der Waals surface area contributed by atoms with Crippen LogP contribution >= 0.6 is 0 Å². The maximum absolute atomic E-state index is 5.76. The zero-order valence-electron chi connectivity index (χ0n) is 10.6. The van der Waals surface area contributed by atoms with Gasteiger partial charge in [-0.05, 0) is 19.4 Å². The van der Waals surface area contributed by atoms with Crippen molar-refractivity contribution in [1.29, 1.82) is 0 Å². The highest BCUT2D eigenvalue weighted by molar-refractivity contribution is 5.21. The van der Waals surface area contributed by atoms with Gasteiger partial charge >= 0.3 is 0 Å². The highest BCUT2D eigenvalue weighted by Crippen LogP contribution is 2.08. The Bertz CT molecular complexity index is 354. The Labute approximate surface area is 103 Å². The molecule has 0 saturated carbocycles. The molecule has 1 aliphatic rings. The van der Waals surface area contributed by atoms with Crippen molar-refractivity contribution in [2.75, 3.05) is 19.7 Å². The Balaban J connectivity index is 1.72. The van der Waals surface area contributed by atoms with E-state index < -0.39 is 0 Å². The van der Waals surface area contributed by atoms with E-state index in [2.05, 4.69) is 43.4 Å². The lowest BCUT2D eigenvalue weighted by Gasteiger charge is -2.28. The SMILES string of the molecule is Cc1cccc(COCC2CNCC(C)O2)c1. The minimum atomic E-state index is 0.184. The lowest BCUT2D eigenvalue weighted by Crippen LogP contribution is -2.45. The molecule has 1 aliphatic heterocycles. The smallest absolute Gasteiger partial charge is 0.0936 e. The van der Waals surface area contributed by atoms with Gasteiger partial charge in [0.1, 0.15) is 0 Å². The zero-order chi connectivity index (χ0) is 12.1. The van der Waals surface area contributed by atoms with E-state index in [4.69, 9.17) is 9.47 Å². The third kappa shape index (κ3) is 4.11. The van der Waals surface area contributed by atoms with E-state index in [0.29, 0.717) is 13.2 Å². The normalized spacial score (nSPS) is 24.8. The van der Waals surface area contributed by atoms with Crippen molar-refractivity contribution < 1.29 is 9.47 Å². The second-order valence-electron chi connectivity index (χ2n) is 4.73. The molecule has 0 bridgehead atoms. The summed E-state index contributed by atoms with van der Waals surface area (Å²) in [5.74, 6) is 0. The van der Waals surface area contributed by atoms with E-state index in [-0.39, 0.29) is 12.2 Å². The predicted octanol–water partition coefficient (Wildman–Crippen LogP) is 1.89. The molecule has 0 aliphatic carbocycles. The number of aryl methyl sites for hydroxylation is 1. The van der Waals surface area contributed by atoms with Crippen molar-refractivity contribution in [2.24, 2.45) is 0 Å². The molecule has 1 fully saturated rings. The first-order valence-corrected chi connectivity index (χ1v) is 6.23. The largest absolute Gasteiger partial charge is 0.374 e. The van der Waals surface area contributed by atoms with Crippen molar-refractivity contribution in [3.8, 4) is 0 Å². The van der Waals surface area contributed by atoms with Crippen molar-refractivity contribution >= 4 is 0 Å². The molecule has 1 aromatic carbocycles. The van der Waals surface area contributed by atoms with Crippen LogP contribution in [0.1, 0.15) is 18.1 Å². The summed E-state index contributed by atoms with van der Waals surface area (Å²) in [6.07, 6.45) is 0.472. The van der Waals surface area contributed by atoms with Crippen LogP contribution in [0.15, 0.2) is 24.3 Å². The highest BCUT2D eigenvalue weighted by atomic mass is 16.5. The molecular formula is C14H21NO2. The molecule has 2 rings (SSSR count). The zero-order valence-corrected chi connectivity index (χ0v) is 10.6. The molecule has 0 spiro atoms. The number of benzene rings is 1. The molecule has 1 N–H and O–H groups in total. The van der Waals surface area contributed by atoms with Gasteiger partial charge in [-0.2, -0.15) is 0 Å². The summed E-state index contributed by atoms with van der Waals surface area (Å²) in [6, 6.07) is 8.41. The maximum atomic E-state index is 5.76. The molecule has 17 heavy (non-hydrogen) atoms. The molecule has 0 amide bonds. The third-order valence-electron chi connectivity index (χ3n) is 2.88. The standard InChI is InChI=1S/C14H21NO2/c1-11-4-3-5-13(6-11)9-16-10-14-8-15-7-12(2)17-14/h3-6,12,14-15H,7-10H2,1-2H3. The average molecular weight is 235 g/mol. The average Bonchev–Trinajstić information content (AvgIpc) is 2.29. The Kier molecular flexibility index (Phi) is 4.54. The van der Waals surface area contributed by atoms with Crippen LogP contribution in [0.2, 0.25) is 0 Å². The molecule has 0 aromatic heterocycles. The molecule has 3 heteroatoms. The van der Waals surface area contributed by atoms with E-state index in [1.54, 1.807) is 0 Å². The molecule has 1 heterocycles. The van der Waals surface area contributed by atoms with Gasteiger partial charge in [0.25, 0.3) is 0 Å². The number of hydrogen-bond acceptors (Lipinski definition) is 3. The summed E-state index contributed by atoms with van der Waals surface area (Å²) in [5.41, 5.74) is 2.50. The topological polar surface area (TPSA) is 30.5 Å². The van der Waals surface area contributed by atoms with Crippen LogP contribution in [0.5, 0.6) is 0 Å². The van der Waals surface area contributed by atoms with Crippen molar-refractivity contribution in [3.63, 3.8) is 0 Å². The van der Waals surface area contributed by atoms with Gasteiger partial charge in [0, 0.05) is 13.1 Å². The lowest BCUT2D eigenvalue weighted by atomic mass is 10.1. The molecule has 2 atom stereocenters. The fraction of sp³-hybridized carbons (Fsp3) is 0.571. The van der Waals surface area contributed by atoms with Crippen LogP contribution in [0.3, 0.4) is 0 Å². The van der Waals surface area contributed by atoms with Crippen molar-refractivity contribution in [1.82, 2.24) is 5.32 Å². The van der Waals surface area contributed by atoms with Gasteiger partial charge in [-0.25, -0.2) is 0 Å². The monoisotopic (exact) mass is 235 g/mol. The number of morpholine rings is 1. The van der Waals surface area contributed by atoms with E-state index in [0.717, 1.165) is 13.1 Å². The minimum Gasteiger partial charge on any atom is -0.374 e. The summed E-state index contributed by atoms with van der Waals surface area (Å²) in [5, 5.41) is 3.34. The minimum absolute atomic E-state index is 0.184. The predicted molar refractivity (Wildman–Crippen MR) is 68.0 cm³/mol. The van der Waals surface area contributed by atoms with Gasteiger partial charge < -0.3 is 14.8 Å². The van der Waals surface area contributed by atoms with Crippen LogP contribution in [-0.2, 0) is 16.1 Å². The fourth-order valence-electron chi connectivity index (χ4n) is 2.08. The van der Waals surface area contributed by atoms with Gasteiger partial charge in [0.2, 0.25) is 0 Å². The molecule has 1 saturated heterocycles. The first kappa shape index (κ1) is 12.6. The van der Waals surface area contributed by atoms with Gasteiger partial charge in [-0.3, -0.25) is 0 Å². The molecular weight excluding hydrogens is 214 g/mol. The first-order valence-electron chi connectivity index (χ1n) is 6.23. The Morgan fingerprint density at radius 2 is 2.29 bits per heavy atom. The molecule has 0 radical (unpaired) electrons. The number of nitrogens with one attached hydrogen (secondary N) is 1. The Morgan fingerprint density at radius 3 is 3.06 bits per heavy atom. The van der Waals surface area contributed by atoms with Gasteiger partial charge in [-0.1, -0.05) is 29.8 Å². The Morgan fingerprint density at radius 1 is 1.41 bits per heavy atom. The second-order valence-corrected chi connectivity index (χ2v) is 4.73. The fourth-order valence-corrected chi connectivity index (χ4v) is 2.08. The highest BCUT2D eigenvalue weighted by Gasteiger charge is 2.18. The lowest BCUT2D eigenvalue weighted by molar-refractivity contribution is -0.0716. The summed E-state index contributed by atoms with van der Waals surface area (Å²) < 4.78 is 11.5. The molecule has 2 unspecified atom stereocenters. The van der Waals surface area contributed by atoms with E-state index in [1.807, 2.05) is 0 Å².